The van der Waals surface area contributed by atoms with E-state index in [1.54, 1.807) is 0 Å². The Labute approximate surface area is 164 Å². The quantitative estimate of drug-likeness (QED) is 0.752. The molecule has 7 nitrogen and oxygen atoms in total. The summed E-state index contributed by atoms with van der Waals surface area (Å²) in [5.41, 5.74) is 3.35. The monoisotopic (exact) mass is 378 g/mol. The maximum absolute atomic E-state index is 5.40. The van der Waals surface area contributed by atoms with E-state index in [-0.39, 0.29) is 0 Å². The van der Waals surface area contributed by atoms with Gasteiger partial charge in [0.1, 0.15) is 5.82 Å². The van der Waals surface area contributed by atoms with Crippen molar-refractivity contribution in [3.8, 4) is 0 Å². The lowest BCUT2D eigenvalue weighted by Gasteiger charge is -2.31. The van der Waals surface area contributed by atoms with Crippen LogP contribution in [0.25, 0.3) is 11.0 Å². The molecule has 0 bridgehead atoms. The standard InChI is InChI=1S/C21H26N6O/c1-2-6-19-18(5-1)24-20(25-19)17-4-3-7-26(15-17)14-16-12-22-21(23-13-16)27-8-10-28-11-9-27/h1-2,5-6,12-13,17H,3-4,7-11,14-15H2,(H,24,25)/t17-/m0/s1. The molecule has 3 aromatic rings. The van der Waals surface area contributed by atoms with Crippen LogP contribution in [0.2, 0.25) is 0 Å². The molecule has 7 heteroatoms. The summed E-state index contributed by atoms with van der Waals surface area (Å²) >= 11 is 0. The van der Waals surface area contributed by atoms with E-state index < -0.39 is 0 Å². The van der Waals surface area contributed by atoms with E-state index >= 15 is 0 Å². The second kappa shape index (κ2) is 7.85. The van der Waals surface area contributed by atoms with Crippen molar-refractivity contribution in [2.24, 2.45) is 0 Å². The van der Waals surface area contributed by atoms with Gasteiger partial charge in [0, 0.05) is 50.1 Å². The fourth-order valence-corrected chi connectivity index (χ4v) is 4.20. The van der Waals surface area contributed by atoms with E-state index in [1.807, 2.05) is 18.5 Å². The number of ether oxygens (including phenoxy) is 1. The molecule has 1 N–H and O–H groups in total. The predicted molar refractivity (Wildman–Crippen MR) is 108 cm³/mol. The summed E-state index contributed by atoms with van der Waals surface area (Å²) in [7, 11) is 0. The van der Waals surface area contributed by atoms with Crippen LogP contribution in [-0.4, -0.2) is 64.2 Å². The maximum Gasteiger partial charge on any atom is 0.225 e. The number of anilines is 1. The van der Waals surface area contributed by atoms with E-state index in [0.29, 0.717) is 5.92 Å². The smallest absolute Gasteiger partial charge is 0.225 e. The van der Waals surface area contributed by atoms with Gasteiger partial charge in [-0.3, -0.25) is 4.90 Å². The number of nitrogens with one attached hydrogen (secondary N) is 1. The SMILES string of the molecule is c1ccc2[nH]c([C@H]3CCCN(Cc4cnc(N5CCOCC5)nc4)C3)nc2c1. The minimum Gasteiger partial charge on any atom is -0.378 e. The molecular weight excluding hydrogens is 352 g/mol. The number of H-pyrrole nitrogens is 1. The number of aromatic amines is 1. The van der Waals surface area contributed by atoms with Gasteiger partial charge in [0.15, 0.2) is 0 Å². The highest BCUT2D eigenvalue weighted by Gasteiger charge is 2.24. The third kappa shape index (κ3) is 3.72. The Morgan fingerprint density at radius 3 is 2.71 bits per heavy atom. The van der Waals surface area contributed by atoms with Gasteiger partial charge in [0.25, 0.3) is 0 Å². The van der Waals surface area contributed by atoms with Gasteiger partial charge in [-0.05, 0) is 31.5 Å². The highest BCUT2D eigenvalue weighted by atomic mass is 16.5. The third-order valence-electron chi connectivity index (χ3n) is 5.69. The van der Waals surface area contributed by atoms with Crippen molar-refractivity contribution in [1.29, 1.82) is 0 Å². The van der Waals surface area contributed by atoms with Crippen molar-refractivity contribution < 1.29 is 4.74 Å². The molecule has 2 aliphatic rings. The number of likely N-dealkylation sites (tertiary alicyclic amines) is 1. The Kier molecular flexibility index (Phi) is 4.93. The summed E-state index contributed by atoms with van der Waals surface area (Å²) in [5, 5.41) is 0. The average molecular weight is 378 g/mol. The van der Waals surface area contributed by atoms with Gasteiger partial charge >= 0.3 is 0 Å². The van der Waals surface area contributed by atoms with E-state index in [4.69, 9.17) is 9.72 Å². The lowest BCUT2D eigenvalue weighted by Crippen LogP contribution is -2.37. The molecule has 0 unspecified atom stereocenters. The zero-order chi connectivity index (χ0) is 18.8. The molecule has 2 fully saturated rings. The van der Waals surface area contributed by atoms with Gasteiger partial charge < -0.3 is 14.6 Å². The van der Waals surface area contributed by atoms with Gasteiger partial charge in [-0.25, -0.2) is 15.0 Å². The molecule has 2 aliphatic heterocycles. The van der Waals surface area contributed by atoms with Crippen LogP contribution in [0.4, 0.5) is 5.95 Å². The summed E-state index contributed by atoms with van der Waals surface area (Å²) in [4.78, 5) is 22.2. The van der Waals surface area contributed by atoms with E-state index in [0.717, 1.165) is 68.7 Å². The molecule has 0 amide bonds. The van der Waals surface area contributed by atoms with Crippen LogP contribution >= 0.6 is 0 Å². The molecule has 1 atom stereocenters. The zero-order valence-corrected chi connectivity index (χ0v) is 16.0. The number of aromatic nitrogens is 4. The van der Waals surface area contributed by atoms with Crippen molar-refractivity contribution in [2.45, 2.75) is 25.3 Å². The second-order valence-corrected chi connectivity index (χ2v) is 7.70. The van der Waals surface area contributed by atoms with Crippen LogP contribution in [-0.2, 0) is 11.3 Å². The van der Waals surface area contributed by atoms with Crippen molar-refractivity contribution in [3.63, 3.8) is 0 Å². The Morgan fingerprint density at radius 2 is 1.89 bits per heavy atom. The number of para-hydroxylation sites is 2. The molecule has 0 saturated carbocycles. The first-order valence-corrected chi connectivity index (χ1v) is 10.2. The van der Waals surface area contributed by atoms with Gasteiger partial charge in [-0.2, -0.15) is 0 Å². The topological polar surface area (TPSA) is 70.2 Å². The van der Waals surface area contributed by atoms with Crippen LogP contribution in [0.3, 0.4) is 0 Å². The third-order valence-corrected chi connectivity index (χ3v) is 5.69. The molecule has 146 valence electrons. The molecule has 28 heavy (non-hydrogen) atoms. The van der Waals surface area contributed by atoms with Gasteiger partial charge in [-0.15, -0.1) is 0 Å². The number of nitrogens with zero attached hydrogens (tertiary/aromatic N) is 5. The van der Waals surface area contributed by atoms with E-state index in [1.165, 1.54) is 18.4 Å². The Balaban J connectivity index is 1.24. The Hall–Kier alpha value is -2.51. The van der Waals surface area contributed by atoms with Crippen LogP contribution in [0.5, 0.6) is 0 Å². The summed E-state index contributed by atoms with van der Waals surface area (Å²) in [6.07, 6.45) is 6.32. The zero-order valence-electron chi connectivity index (χ0n) is 16.0. The van der Waals surface area contributed by atoms with Gasteiger partial charge in [0.05, 0.1) is 24.2 Å². The number of hydrogen-bond acceptors (Lipinski definition) is 6. The lowest BCUT2D eigenvalue weighted by atomic mass is 9.97. The predicted octanol–water partition coefficient (Wildman–Crippen LogP) is 2.57. The number of fused-ring (bicyclic) bond motifs is 1. The first kappa shape index (κ1) is 17.6. The second-order valence-electron chi connectivity index (χ2n) is 7.70. The average Bonchev–Trinajstić information content (AvgIpc) is 3.20. The van der Waals surface area contributed by atoms with Crippen LogP contribution in [0.1, 0.15) is 30.1 Å². The van der Waals surface area contributed by atoms with Crippen molar-refractivity contribution in [2.75, 3.05) is 44.3 Å². The fourth-order valence-electron chi connectivity index (χ4n) is 4.20. The normalized spacial score (nSPS) is 21.3. The molecule has 2 saturated heterocycles. The first-order valence-electron chi connectivity index (χ1n) is 10.2. The molecular formula is C21H26N6O. The summed E-state index contributed by atoms with van der Waals surface area (Å²) in [5.74, 6) is 2.38. The number of morpholine rings is 1. The lowest BCUT2D eigenvalue weighted by molar-refractivity contribution is 0.122. The molecule has 0 radical (unpaired) electrons. The number of hydrogen-bond donors (Lipinski definition) is 1. The highest BCUT2D eigenvalue weighted by Crippen LogP contribution is 2.27. The molecule has 1 aromatic carbocycles. The summed E-state index contributed by atoms with van der Waals surface area (Å²) in [6.45, 7) is 6.26. The first-order chi connectivity index (χ1) is 13.8. The maximum atomic E-state index is 5.40. The molecule has 4 heterocycles. The fraction of sp³-hybridized carbons (Fsp3) is 0.476. The van der Waals surface area contributed by atoms with Crippen molar-refractivity contribution in [1.82, 2.24) is 24.8 Å². The van der Waals surface area contributed by atoms with Crippen LogP contribution in [0.15, 0.2) is 36.7 Å². The van der Waals surface area contributed by atoms with E-state index in [2.05, 4.69) is 43.0 Å². The number of piperidine rings is 1. The summed E-state index contributed by atoms with van der Waals surface area (Å²) < 4.78 is 5.40. The molecule has 5 rings (SSSR count). The van der Waals surface area contributed by atoms with Crippen LogP contribution < -0.4 is 4.90 Å². The minimum atomic E-state index is 0.453. The summed E-state index contributed by atoms with van der Waals surface area (Å²) in [6, 6.07) is 8.27. The van der Waals surface area contributed by atoms with Crippen molar-refractivity contribution >= 4 is 17.0 Å². The Bertz CT molecular complexity index is 885. The van der Waals surface area contributed by atoms with E-state index in [9.17, 15) is 0 Å². The number of imidazole rings is 1. The van der Waals surface area contributed by atoms with Crippen molar-refractivity contribution in [3.05, 3.63) is 48.0 Å². The molecule has 2 aromatic heterocycles. The minimum absolute atomic E-state index is 0.453. The van der Waals surface area contributed by atoms with Gasteiger partial charge in [0.2, 0.25) is 5.95 Å². The number of benzene rings is 1. The largest absolute Gasteiger partial charge is 0.378 e. The molecule has 0 aliphatic carbocycles. The number of rotatable bonds is 4. The molecule has 0 spiro atoms. The highest BCUT2D eigenvalue weighted by molar-refractivity contribution is 5.74. The van der Waals surface area contributed by atoms with Crippen LogP contribution in [0, 0.1) is 0 Å². The Morgan fingerprint density at radius 1 is 1.07 bits per heavy atom. The van der Waals surface area contributed by atoms with Gasteiger partial charge in [-0.1, -0.05) is 12.1 Å².